The van der Waals surface area contributed by atoms with E-state index in [1.54, 1.807) is 7.05 Å². The SMILES string of the molecule is CNCCC(O)C(O)c1ccc(OC(F)(F)F)c(N)c1. The number of halogens is 3. The van der Waals surface area contributed by atoms with Crippen LogP contribution in [0.5, 0.6) is 5.75 Å². The van der Waals surface area contributed by atoms with Crippen molar-refractivity contribution < 1.29 is 28.1 Å². The van der Waals surface area contributed by atoms with Gasteiger partial charge in [0.2, 0.25) is 0 Å². The van der Waals surface area contributed by atoms with Crippen molar-refractivity contribution in [2.24, 2.45) is 0 Å². The third-order valence-electron chi connectivity index (χ3n) is 2.66. The van der Waals surface area contributed by atoms with Crippen LogP contribution in [0.25, 0.3) is 0 Å². The van der Waals surface area contributed by atoms with Crippen LogP contribution in [-0.2, 0) is 0 Å². The molecule has 0 spiro atoms. The summed E-state index contributed by atoms with van der Waals surface area (Å²) in [6, 6.07) is 3.38. The van der Waals surface area contributed by atoms with Crippen molar-refractivity contribution in [1.82, 2.24) is 5.32 Å². The third kappa shape index (κ3) is 4.87. The Bertz CT molecular complexity index is 440. The van der Waals surface area contributed by atoms with Crippen LogP contribution >= 0.6 is 0 Å². The Morgan fingerprint density at radius 1 is 1.35 bits per heavy atom. The number of alkyl halides is 3. The molecule has 2 atom stereocenters. The van der Waals surface area contributed by atoms with Gasteiger partial charge in [-0.15, -0.1) is 13.2 Å². The molecule has 0 amide bonds. The van der Waals surface area contributed by atoms with Crippen LogP contribution in [0.1, 0.15) is 18.1 Å². The van der Waals surface area contributed by atoms with Crippen LogP contribution in [0, 0.1) is 0 Å². The van der Waals surface area contributed by atoms with Crippen molar-refractivity contribution in [3.8, 4) is 5.75 Å². The number of nitrogens with two attached hydrogens (primary N) is 1. The van der Waals surface area contributed by atoms with Crippen LogP contribution in [0.15, 0.2) is 18.2 Å². The molecule has 0 bridgehead atoms. The first-order chi connectivity index (χ1) is 9.24. The lowest BCUT2D eigenvalue weighted by molar-refractivity contribution is -0.274. The van der Waals surface area contributed by atoms with Crippen molar-refractivity contribution in [3.63, 3.8) is 0 Å². The summed E-state index contributed by atoms with van der Waals surface area (Å²) in [7, 11) is 1.69. The number of aliphatic hydroxyl groups is 2. The van der Waals surface area contributed by atoms with E-state index in [4.69, 9.17) is 5.73 Å². The molecule has 20 heavy (non-hydrogen) atoms. The number of benzene rings is 1. The zero-order valence-corrected chi connectivity index (χ0v) is 10.8. The van der Waals surface area contributed by atoms with E-state index in [9.17, 15) is 23.4 Å². The predicted octanol–water partition coefficient (Wildman–Crippen LogP) is 1.17. The van der Waals surface area contributed by atoms with E-state index < -0.39 is 24.3 Å². The summed E-state index contributed by atoms with van der Waals surface area (Å²) in [6.45, 7) is 0.489. The zero-order chi connectivity index (χ0) is 15.3. The average Bonchev–Trinajstić information content (AvgIpc) is 2.36. The van der Waals surface area contributed by atoms with Gasteiger partial charge in [0, 0.05) is 0 Å². The van der Waals surface area contributed by atoms with Crippen LogP contribution in [-0.4, -0.2) is 36.3 Å². The van der Waals surface area contributed by atoms with E-state index in [0.717, 1.165) is 12.1 Å². The van der Waals surface area contributed by atoms with Gasteiger partial charge < -0.3 is 26.0 Å². The number of rotatable bonds is 6. The summed E-state index contributed by atoms with van der Waals surface area (Å²) in [5, 5.41) is 22.4. The first kappa shape index (κ1) is 16.5. The van der Waals surface area contributed by atoms with Crippen LogP contribution < -0.4 is 15.8 Å². The van der Waals surface area contributed by atoms with Gasteiger partial charge in [-0.2, -0.15) is 0 Å². The van der Waals surface area contributed by atoms with E-state index in [1.807, 2.05) is 0 Å². The van der Waals surface area contributed by atoms with Crippen LogP contribution in [0.4, 0.5) is 18.9 Å². The van der Waals surface area contributed by atoms with Crippen molar-refractivity contribution >= 4 is 5.69 Å². The molecule has 0 heterocycles. The smallest absolute Gasteiger partial charge is 0.404 e. The summed E-state index contributed by atoms with van der Waals surface area (Å²) in [5.41, 5.74) is 5.40. The average molecular weight is 294 g/mol. The predicted molar refractivity (Wildman–Crippen MR) is 67.0 cm³/mol. The lowest BCUT2D eigenvalue weighted by atomic mass is 10.0. The zero-order valence-electron chi connectivity index (χ0n) is 10.8. The Kier molecular flexibility index (Phi) is 5.61. The molecule has 0 saturated heterocycles. The minimum Gasteiger partial charge on any atom is -0.404 e. The van der Waals surface area contributed by atoms with Gasteiger partial charge >= 0.3 is 6.36 Å². The maximum atomic E-state index is 12.1. The van der Waals surface area contributed by atoms with Crippen LogP contribution in [0.3, 0.4) is 0 Å². The fourth-order valence-electron chi connectivity index (χ4n) is 1.64. The molecule has 0 radical (unpaired) electrons. The maximum absolute atomic E-state index is 12.1. The van der Waals surface area contributed by atoms with Gasteiger partial charge in [0.1, 0.15) is 6.10 Å². The fourth-order valence-corrected chi connectivity index (χ4v) is 1.64. The Balaban J connectivity index is 2.81. The second kappa shape index (κ2) is 6.78. The molecule has 0 saturated carbocycles. The van der Waals surface area contributed by atoms with Crippen molar-refractivity contribution in [1.29, 1.82) is 0 Å². The molecule has 0 aromatic heterocycles. The number of anilines is 1. The summed E-state index contributed by atoms with van der Waals surface area (Å²) in [6.07, 6.45) is -6.82. The van der Waals surface area contributed by atoms with Crippen LogP contribution in [0.2, 0.25) is 0 Å². The monoisotopic (exact) mass is 294 g/mol. The molecule has 5 nitrogen and oxygen atoms in total. The second-order valence-electron chi connectivity index (χ2n) is 4.25. The Morgan fingerprint density at radius 3 is 2.50 bits per heavy atom. The molecule has 1 aromatic carbocycles. The lowest BCUT2D eigenvalue weighted by Gasteiger charge is -2.19. The van der Waals surface area contributed by atoms with Gasteiger partial charge in [0.15, 0.2) is 5.75 Å². The molecule has 1 aromatic rings. The molecule has 0 aliphatic carbocycles. The van der Waals surface area contributed by atoms with Gasteiger partial charge in [-0.1, -0.05) is 6.07 Å². The molecule has 1 rings (SSSR count). The number of hydrogen-bond donors (Lipinski definition) is 4. The normalized spacial score (nSPS) is 14.9. The summed E-state index contributed by atoms with van der Waals surface area (Å²) < 4.78 is 39.9. The highest BCUT2D eigenvalue weighted by Gasteiger charge is 2.32. The molecule has 0 fully saturated rings. The largest absolute Gasteiger partial charge is 0.573 e. The number of nitrogen functional groups attached to an aromatic ring is 1. The Morgan fingerprint density at radius 2 is 2.00 bits per heavy atom. The quantitative estimate of drug-likeness (QED) is 0.592. The molecular formula is C12H17F3N2O3. The lowest BCUT2D eigenvalue weighted by Crippen LogP contribution is -2.23. The van der Waals surface area contributed by atoms with E-state index in [-0.39, 0.29) is 11.3 Å². The number of hydrogen-bond acceptors (Lipinski definition) is 5. The van der Waals surface area contributed by atoms with Crippen molar-refractivity contribution in [2.45, 2.75) is 25.0 Å². The standard InChI is InChI=1S/C12H17F3N2O3/c1-17-5-4-9(18)11(19)7-2-3-10(8(16)6-7)20-12(13,14)15/h2-3,6,9,11,17-19H,4-5,16H2,1H3. The van der Waals surface area contributed by atoms with E-state index >= 15 is 0 Å². The first-order valence-corrected chi connectivity index (χ1v) is 5.90. The van der Waals surface area contributed by atoms with E-state index in [2.05, 4.69) is 10.1 Å². The molecule has 8 heteroatoms. The second-order valence-corrected chi connectivity index (χ2v) is 4.25. The molecular weight excluding hydrogens is 277 g/mol. The Labute approximate surface area is 114 Å². The van der Waals surface area contributed by atoms with E-state index in [1.165, 1.54) is 6.07 Å². The minimum absolute atomic E-state index is 0.223. The van der Waals surface area contributed by atoms with Gasteiger partial charge in [-0.3, -0.25) is 0 Å². The van der Waals surface area contributed by atoms with Gasteiger partial charge in [0.05, 0.1) is 11.8 Å². The first-order valence-electron chi connectivity index (χ1n) is 5.90. The van der Waals surface area contributed by atoms with Gasteiger partial charge in [0.25, 0.3) is 0 Å². The summed E-state index contributed by atoms with van der Waals surface area (Å²) >= 11 is 0. The highest BCUT2D eigenvalue weighted by molar-refractivity contribution is 5.54. The highest BCUT2D eigenvalue weighted by Crippen LogP contribution is 2.31. The molecule has 114 valence electrons. The molecule has 0 aliphatic heterocycles. The highest BCUT2D eigenvalue weighted by atomic mass is 19.4. The summed E-state index contributed by atoms with van der Waals surface area (Å²) in [5.74, 6) is -0.543. The Hall–Kier alpha value is -1.51. The minimum atomic E-state index is -4.83. The van der Waals surface area contributed by atoms with Gasteiger partial charge in [-0.25, -0.2) is 0 Å². The van der Waals surface area contributed by atoms with E-state index in [0.29, 0.717) is 13.0 Å². The molecule has 0 aliphatic rings. The third-order valence-corrected chi connectivity index (χ3v) is 2.66. The molecule has 2 unspecified atom stereocenters. The van der Waals surface area contributed by atoms with Crippen molar-refractivity contribution in [3.05, 3.63) is 23.8 Å². The molecule has 5 N–H and O–H groups in total. The fraction of sp³-hybridized carbons (Fsp3) is 0.500. The number of aliphatic hydroxyl groups excluding tert-OH is 2. The number of ether oxygens (including phenoxy) is 1. The summed E-state index contributed by atoms with van der Waals surface area (Å²) in [4.78, 5) is 0. The maximum Gasteiger partial charge on any atom is 0.573 e. The van der Waals surface area contributed by atoms with Gasteiger partial charge in [-0.05, 0) is 37.7 Å². The number of nitrogens with one attached hydrogen (secondary N) is 1. The van der Waals surface area contributed by atoms with Crippen molar-refractivity contribution in [2.75, 3.05) is 19.3 Å². The topological polar surface area (TPSA) is 87.7 Å².